The molecule has 1 atom stereocenters. The van der Waals surface area contributed by atoms with Crippen LogP contribution >= 0.6 is 24.2 Å². The average Bonchev–Trinajstić information content (AvgIpc) is 2.38. The van der Waals surface area contributed by atoms with Crippen LogP contribution < -0.4 is 5.73 Å². The van der Waals surface area contributed by atoms with Crippen LogP contribution in [0.5, 0.6) is 0 Å². The Kier molecular flexibility index (Phi) is 5.82. The molecule has 5 heteroatoms. The van der Waals surface area contributed by atoms with E-state index in [1.807, 2.05) is 28.8 Å². The SMILES string of the molecule is CCC1CN(C(=O)c2ccccc2N)CCS1.Cl. The van der Waals surface area contributed by atoms with E-state index in [2.05, 4.69) is 6.92 Å². The first kappa shape index (κ1) is 15.2. The van der Waals surface area contributed by atoms with Gasteiger partial charge < -0.3 is 10.6 Å². The number of amides is 1. The van der Waals surface area contributed by atoms with Gasteiger partial charge in [-0.25, -0.2) is 0 Å². The molecule has 0 aliphatic carbocycles. The van der Waals surface area contributed by atoms with Crippen LogP contribution in [0.25, 0.3) is 0 Å². The number of halogens is 1. The summed E-state index contributed by atoms with van der Waals surface area (Å²) >= 11 is 1.96. The zero-order valence-electron chi connectivity index (χ0n) is 10.5. The summed E-state index contributed by atoms with van der Waals surface area (Å²) in [5.41, 5.74) is 7.05. The van der Waals surface area contributed by atoms with Crippen LogP contribution in [-0.2, 0) is 0 Å². The molecule has 0 radical (unpaired) electrons. The van der Waals surface area contributed by atoms with Gasteiger partial charge in [0.1, 0.15) is 0 Å². The van der Waals surface area contributed by atoms with Crippen LogP contribution in [0.3, 0.4) is 0 Å². The molecule has 1 amide bonds. The Balaban J connectivity index is 0.00000162. The summed E-state index contributed by atoms with van der Waals surface area (Å²) < 4.78 is 0. The van der Waals surface area contributed by atoms with Gasteiger partial charge in [0, 0.05) is 29.8 Å². The zero-order chi connectivity index (χ0) is 12.3. The molecule has 0 spiro atoms. The van der Waals surface area contributed by atoms with Gasteiger partial charge in [0.2, 0.25) is 0 Å². The summed E-state index contributed by atoms with van der Waals surface area (Å²) in [4.78, 5) is 14.2. The first-order chi connectivity index (χ1) is 8.22. The molecule has 1 aliphatic heterocycles. The second-order valence-corrected chi connectivity index (χ2v) is 5.65. The van der Waals surface area contributed by atoms with E-state index >= 15 is 0 Å². The number of hydrogen-bond donors (Lipinski definition) is 1. The van der Waals surface area contributed by atoms with Crippen molar-refractivity contribution in [2.75, 3.05) is 24.6 Å². The van der Waals surface area contributed by atoms with Crippen molar-refractivity contribution in [2.24, 2.45) is 0 Å². The maximum absolute atomic E-state index is 12.3. The number of para-hydroxylation sites is 1. The number of thioether (sulfide) groups is 1. The van der Waals surface area contributed by atoms with Crippen LogP contribution in [0.1, 0.15) is 23.7 Å². The molecule has 0 saturated carbocycles. The lowest BCUT2D eigenvalue weighted by molar-refractivity contribution is 0.0762. The van der Waals surface area contributed by atoms with Gasteiger partial charge in [0.25, 0.3) is 5.91 Å². The van der Waals surface area contributed by atoms with Gasteiger partial charge in [-0.1, -0.05) is 19.1 Å². The number of nitrogen functional groups attached to an aromatic ring is 1. The number of nitrogens with zero attached hydrogens (tertiary/aromatic N) is 1. The summed E-state index contributed by atoms with van der Waals surface area (Å²) in [7, 11) is 0. The molecule has 0 bridgehead atoms. The van der Waals surface area contributed by atoms with Crippen LogP contribution in [0.2, 0.25) is 0 Å². The number of anilines is 1. The molecule has 3 nitrogen and oxygen atoms in total. The number of nitrogens with two attached hydrogens (primary N) is 1. The van der Waals surface area contributed by atoms with Crippen molar-refractivity contribution < 1.29 is 4.79 Å². The Morgan fingerprint density at radius 1 is 1.50 bits per heavy atom. The van der Waals surface area contributed by atoms with E-state index < -0.39 is 0 Å². The van der Waals surface area contributed by atoms with E-state index in [1.165, 1.54) is 0 Å². The normalized spacial score (nSPS) is 19.2. The fraction of sp³-hybridized carbons (Fsp3) is 0.462. The summed E-state index contributed by atoms with van der Waals surface area (Å²) in [6.07, 6.45) is 1.11. The summed E-state index contributed by atoms with van der Waals surface area (Å²) in [6, 6.07) is 7.30. The lowest BCUT2D eigenvalue weighted by atomic mass is 10.1. The van der Waals surface area contributed by atoms with E-state index in [-0.39, 0.29) is 18.3 Å². The van der Waals surface area contributed by atoms with Gasteiger partial charge in [-0.2, -0.15) is 11.8 Å². The van der Waals surface area contributed by atoms with E-state index in [1.54, 1.807) is 12.1 Å². The quantitative estimate of drug-likeness (QED) is 0.850. The number of carbonyl (C=O) groups excluding carboxylic acids is 1. The summed E-state index contributed by atoms with van der Waals surface area (Å²) in [5, 5.41) is 0.567. The predicted octanol–water partition coefficient (Wildman–Crippen LogP) is 2.66. The van der Waals surface area contributed by atoms with E-state index in [9.17, 15) is 4.79 Å². The minimum atomic E-state index is 0. The lowest BCUT2D eigenvalue weighted by Gasteiger charge is -2.32. The molecule has 1 unspecified atom stereocenters. The Labute approximate surface area is 119 Å². The van der Waals surface area contributed by atoms with Gasteiger partial charge in [0.05, 0.1) is 5.56 Å². The van der Waals surface area contributed by atoms with Crippen molar-refractivity contribution in [3.8, 4) is 0 Å². The molecule has 1 aliphatic rings. The highest BCUT2D eigenvalue weighted by Crippen LogP contribution is 2.23. The molecule has 100 valence electrons. The first-order valence-corrected chi connectivity index (χ1v) is 7.02. The highest BCUT2D eigenvalue weighted by Gasteiger charge is 2.24. The number of hydrogen-bond acceptors (Lipinski definition) is 3. The van der Waals surface area contributed by atoms with E-state index in [0.717, 1.165) is 25.3 Å². The Morgan fingerprint density at radius 2 is 2.22 bits per heavy atom. The summed E-state index contributed by atoms with van der Waals surface area (Å²) in [6.45, 7) is 3.84. The third-order valence-electron chi connectivity index (χ3n) is 3.07. The molecule has 1 aromatic carbocycles. The molecule has 18 heavy (non-hydrogen) atoms. The van der Waals surface area contributed by atoms with Crippen molar-refractivity contribution in [1.29, 1.82) is 0 Å². The van der Waals surface area contributed by atoms with Crippen molar-refractivity contribution in [3.63, 3.8) is 0 Å². The van der Waals surface area contributed by atoms with Crippen molar-refractivity contribution in [3.05, 3.63) is 29.8 Å². The Hall–Kier alpha value is -0.870. The Bertz CT molecular complexity index is 414. The number of benzene rings is 1. The van der Waals surface area contributed by atoms with Gasteiger partial charge >= 0.3 is 0 Å². The average molecular weight is 287 g/mol. The molecule has 1 aromatic rings. The third kappa shape index (κ3) is 3.33. The van der Waals surface area contributed by atoms with Crippen LogP contribution in [0.15, 0.2) is 24.3 Å². The standard InChI is InChI=1S/C13H18N2OS.ClH/c1-2-10-9-15(7-8-17-10)13(16)11-5-3-4-6-12(11)14;/h3-6,10H,2,7-9,14H2,1H3;1H. The topological polar surface area (TPSA) is 46.3 Å². The largest absolute Gasteiger partial charge is 0.398 e. The molecule has 1 heterocycles. The van der Waals surface area contributed by atoms with Gasteiger partial charge in [-0.15, -0.1) is 12.4 Å². The van der Waals surface area contributed by atoms with Gasteiger partial charge in [0.15, 0.2) is 0 Å². The number of rotatable bonds is 2. The highest BCUT2D eigenvalue weighted by molar-refractivity contribution is 8.00. The molecule has 0 aromatic heterocycles. The second kappa shape index (κ2) is 6.90. The summed E-state index contributed by atoms with van der Waals surface area (Å²) in [5.74, 6) is 1.10. The molecular weight excluding hydrogens is 268 g/mol. The first-order valence-electron chi connectivity index (χ1n) is 5.97. The van der Waals surface area contributed by atoms with Crippen LogP contribution in [0.4, 0.5) is 5.69 Å². The molecule has 1 saturated heterocycles. The van der Waals surface area contributed by atoms with Crippen molar-refractivity contribution in [2.45, 2.75) is 18.6 Å². The molecular formula is C13H19ClN2OS. The maximum Gasteiger partial charge on any atom is 0.256 e. The minimum absolute atomic E-state index is 0. The molecule has 2 N–H and O–H groups in total. The monoisotopic (exact) mass is 286 g/mol. The highest BCUT2D eigenvalue weighted by atomic mass is 35.5. The second-order valence-electron chi connectivity index (χ2n) is 4.24. The van der Waals surface area contributed by atoms with Crippen molar-refractivity contribution >= 4 is 35.8 Å². The molecule has 2 rings (SSSR count). The van der Waals surface area contributed by atoms with Crippen LogP contribution in [-0.4, -0.2) is 34.9 Å². The predicted molar refractivity (Wildman–Crippen MR) is 80.5 cm³/mol. The van der Waals surface area contributed by atoms with Gasteiger partial charge in [-0.05, 0) is 18.6 Å². The van der Waals surface area contributed by atoms with E-state index in [0.29, 0.717) is 16.5 Å². The maximum atomic E-state index is 12.3. The number of carbonyl (C=O) groups is 1. The third-order valence-corrected chi connectivity index (χ3v) is 4.44. The van der Waals surface area contributed by atoms with Gasteiger partial charge in [-0.3, -0.25) is 4.79 Å². The molecule has 1 fully saturated rings. The Morgan fingerprint density at radius 3 is 2.89 bits per heavy atom. The van der Waals surface area contributed by atoms with Crippen molar-refractivity contribution in [1.82, 2.24) is 4.90 Å². The lowest BCUT2D eigenvalue weighted by Crippen LogP contribution is -2.41. The minimum Gasteiger partial charge on any atom is -0.398 e. The van der Waals surface area contributed by atoms with Crippen LogP contribution in [0, 0.1) is 0 Å². The fourth-order valence-electron chi connectivity index (χ4n) is 2.01. The smallest absolute Gasteiger partial charge is 0.256 e. The zero-order valence-corrected chi connectivity index (χ0v) is 12.1. The fourth-order valence-corrected chi connectivity index (χ4v) is 3.19. The van der Waals surface area contributed by atoms with E-state index in [4.69, 9.17) is 5.73 Å².